The second-order valence-electron chi connectivity index (χ2n) is 5.25. The summed E-state index contributed by atoms with van der Waals surface area (Å²) in [6.07, 6.45) is 9.63. The minimum Gasteiger partial charge on any atom is -0.0836 e. The Bertz CT molecular complexity index is 320. The summed E-state index contributed by atoms with van der Waals surface area (Å²) in [5.41, 5.74) is 2.91. The number of hydrogen-bond donors (Lipinski definition) is 0. The van der Waals surface area contributed by atoms with E-state index in [0.717, 1.165) is 12.3 Å². The molecule has 0 aromatic heterocycles. The Labute approximate surface area is 114 Å². The quantitative estimate of drug-likeness (QED) is 0.499. The van der Waals surface area contributed by atoms with E-state index in [2.05, 4.69) is 47.1 Å². The van der Waals surface area contributed by atoms with Crippen molar-refractivity contribution in [2.75, 3.05) is 0 Å². The number of aryl methyl sites for hydroxylation is 1. The molecule has 1 fully saturated rings. The molecule has 0 spiro atoms. The van der Waals surface area contributed by atoms with Gasteiger partial charge < -0.3 is 0 Å². The molecule has 0 aliphatic heterocycles. The molecule has 0 saturated heterocycles. The lowest BCUT2D eigenvalue weighted by atomic mass is 9.92. The minimum atomic E-state index is 0.562. The molecule has 0 radical (unpaired) electrons. The molecule has 1 aromatic carbocycles. The van der Waals surface area contributed by atoms with E-state index in [1.54, 1.807) is 0 Å². The lowest BCUT2D eigenvalue weighted by molar-refractivity contribution is 0.454. The smallest absolute Gasteiger partial charge is 0.0423 e. The topological polar surface area (TPSA) is 0 Å². The fourth-order valence-corrected chi connectivity index (χ4v) is 3.65. The van der Waals surface area contributed by atoms with Gasteiger partial charge in [0.2, 0.25) is 0 Å². The highest BCUT2D eigenvalue weighted by Crippen LogP contribution is 2.39. The van der Waals surface area contributed by atoms with Gasteiger partial charge in [0.25, 0.3) is 0 Å². The van der Waals surface area contributed by atoms with Gasteiger partial charge in [0.05, 0.1) is 0 Å². The maximum absolute atomic E-state index is 3.93. The predicted octanol–water partition coefficient (Wildman–Crippen LogP) is 5.66. The van der Waals surface area contributed by atoms with Gasteiger partial charge in [-0.2, -0.15) is 0 Å². The molecule has 0 heterocycles. The summed E-state index contributed by atoms with van der Waals surface area (Å²) in [6.45, 7) is 2.21. The third-order valence-corrected chi connectivity index (χ3v) is 5.30. The van der Waals surface area contributed by atoms with Crippen molar-refractivity contribution >= 4 is 15.9 Å². The second kappa shape index (κ2) is 6.58. The first kappa shape index (κ1) is 13.1. The average Bonchev–Trinajstić information content (AvgIpc) is 2.67. The Morgan fingerprint density at radius 2 is 1.65 bits per heavy atom. The maximum Gasteiger partial charge on any atom is 0.0423 e. The van der Waals surface area contributed by atoms with Crippen LogP contribution in [0.2, 0.25) is 0 Å². The molecular weight excluding hydrogens is 272 g/mol. The molecule has 94 valence electrons. The van der Waals surface area contributed by atoms with E-state index in [9.17, 15) is 0 Å². The standard InChI is InChI=1S/C16H23Br/c1-2-13-9-11-15(12-10-13)16(17)14-7-5-3-4-6-8-14/h9-12,14,16H,2-8H2,1H3. The normalized spacial score (nSPS) is 19.9. The first-order valence-electron chi connectivity index (χ1n) is 7.04. The molecule has 0 nitrogen and oxygen atoms in total. The van der Waals surface area contributed by atoms with Crippen LogP contribution < -0.4 is 0 Å². The van der Waals surface area contributed by atoms with Crippen molar-refractivity contribution in [3.05, 3.63) is 35.4 Å². The van der Waals surface area contributed by atoms with Crippen LogP contribution in [0.1, 0.15) is 61.4 Å². The molecule has 0 bridgehead atoms. The highest BCUT2D eigenvalue weighted by Gasteiger charge is 2.21. The number of rotatable bonds is 3. The second-order valence-corrected chi connectivity index (χ2v) is 6.24. The van der Waals surface area contributed by atoms with E-state index in [1.807, 2.05) is 0 Å². The van der Waals surface area contributed by atoms with Crippen LogP contribution in [-0.2, 0) is 6.42 Å². The van der Waals surface area contributed by atoms with Crippen molar-refractivity contribution in [3.63, 3.8) is 0 Å². The lowest BCUT2D eigenvalue weighted by Crippen LogP contribution is -2.06. The number of alkyl halides is 1. The Balaban J connectivity index is 2.03. The maximum atomic E-state index is 3.93. The molecule has 1 atom stereocenters. The Morgan fingerprint density at radius 1 is 1.06 bits per heavy atom. The van der Waals surface area contributed by atoms with Gasteiger partial charge in [0.15, 0.2) is 0 Å². The molecule has 1 aliphatic carbocycles. The summed E-state index contributed by atoms with van der Waals surface area (Å²) < 4.78 is 0. The van der Waals surface area contributed by atoms with Crippen LogP contribution in [0.5, 0.6) is 0 Å². The summed E-state index contributed by atoms with van der Waals surface area (Å²) in [7, 11) is 0. The van der Waals surface area contributed by atoms with Crippen LogP contribution in [-0.4, -0.2) is 0 Å². The first-order chi connectivity index (χ1) is 8.31. The van der Waals surface area contributed by atoms with E-state index in [1.165, 1.54) is 49.7 Å². The molecule has 1 saturated carbocycles. The molecular formula is C16H23Br. The number of benzene rings is 1. The zero-order valence-corrected chi connectivity index (χ0v) is 12.4. The van der Waals surface area contributed by atoms with Gasteiger partial charge in [-0.25, -0.2) is 0 Å². The number of hydrogen-bond acceptors (Lipinski definition) is 0. The summed E-state index contributed by atoms with van der Waals surface area (Å²) in [6, 6.07) is 9.17. The molecule has 1 heteroatoms. The van der Waals surface area contributed by atoms with Gasteiger partial charge in [0.1, 0.15) is 0 Å². The molecule has 1 unspecified atom stereocenters. The first-order valence-corrected chi connectivity index (χ1v) is 7.95. The van der Waals surface area contributed by atoms with Crippen molar-refractivity contribution in [2.45, 2.75) is 56.7 Å². The zero-order valence-electron chi connectivity index (χ0n) is 10.8. The summed E-state index contributed by atoms with van der Waals surface area (Å²) in [5.74, 6) is 0.838. The Hall–Kier alpha value is -0.300. The summed E-state index contributed by atoms with van der Waals surface area (Å²) in [5, 5.41) is 0. The summed E-state index contributed by atoms with van der Waals surface area (Å²) >= 11 is 3.93. The van der Waals surface area contributed by atoms with E-state index in [0.29, 0.717) is 4.83 Å². The van der Waals surface area contributed by atoms with Crippen LogP contribution in [0.25, 0.3) is 0 Å². The zero-order chi connectivity index (χ0) is 12.1. The van der Waals surface area contributed by atoms with Crippen LogP contribution in [0.3, 0.4) is 0 Å². The van der Waals surface area contributed by atoms with Crippen molar-refractivity contribution < 1.29 is 0 Å². The van der Waals surface area contributed by atoms with Crippen LogP contribution in [0.15, 0.2) is 24.3 Å². The molecule has 0 amide bonds. The summed E-state index contributed by atoms with van der Waals surface area (Å²) in [4.78, 5) is 0.562. The largest absolute Gasteiger partial charge is 0.0836 e. The molecule has 1 aromatic rings. The predicted molar refractivity (Wildman–Crippen MR) is 78.7 cm³/mol. The molecule has 17 heavy (non-hydrogen) atoms. The van der Waals surface area contributed by atoms with Crippen LogP contribution in [0.4, 0.5) is 0 Å². The lowest BCUT2D eigenvalue weighted by Gasteiger charge is -2.21. The fraction of sp³-hybridized carbons (Fsp3) is 0.625. The van der Waals surface area contributed by atoms with E-state index >= 15 is 0 Å². The van der Waals surface area contributed by atoms with Gasteiger partial charge in [-0.15, -0.1) is 0 Å². The number of halogens is 1. The fourth-order valence-electron chi connectivity index (χ4n) is 2.81. The van der Waals surface area contributed by atoms with Crippen molar-refractivity contribution in [1.82, 2.24) is 0 Å². The Morgan fingerprint density at radius 3 is 2.18 bits per heavy atom. The highest BCUT2D eigenvalue weighted by atomic mass is 79.9. The molecule has 0 N–H and O–H groups in total. The van der Waals surface area contributed by atoms with Gasteiger partial charge in [-0.1, -0.05) is 72.8 Å². The van der Waals surface area contributed by atoms with Gasteiger partial charge in [-0.3, -0.25) is 0 Å². The van der Waals surface area contributed by atoms with Crippen LogP contribution >= 0.6 is 15.9 Å². The van der Waals surface area contributed by atoms with Crippen LogP contribution in [0, 0.1) is 5.92 Å². The molecule has 1 aliphatic rings. The van der Waals surface area contributed by atoms with Crippen molar-refractivity contribution in [1.29, 1.82) is 0 Å². The highest BCUT2D eigenvalue weighted by molar-refractivity contribution is 9.09. The third-order valence-electron chi connectivity index (χ3n) is 4.02. The van der Waals surface area contributed by atoms with Gasteiger partial charge >= 0.3 is 0 Å². The van der Waals surface area contributed by atoms with E-state index < -0.39 is 0 Å². The van der Waals surface area contributed by atoms with Crippen molar-refractivity contribution in [3.8, 4) is 0 Å². The van der Waals surface area contributed by atoms with E-state index in [-0.39, 0.29) is 0 Å². The average molecular weight is 295 g/mol. The third kappa shape index (κ3) is 3.58. The SMILES string of the molecule is CCc1ccc(C(Br)C2CCCCCC2)cc1. The van der Waals surface area contributed by atoms with Gasteiger partial charge in [-0.05, 0) is 36.3 Å². The minimum absolute atomic E-state index is 0.562. The molecule has 2 rings (SSSR count). The van der Waals surface area contributed by atoms with E-state index in [4.69, 9.17) is 0 Å². The van der Waals surface area contributed by atoms with Crippen molar-refractivity contribution in [2.24, 2.45) is 5.92 Å². The Kier molecular flexibility index (Phi) is 5.09. The van der Waals surface area contributed by atoms with Gasteiger partial charge in [0, 0.05) is 4.83 Å². The monoisotopic (exact) mass is 294 g/mol.